The van der Waals surface area contributed by atoms with E-state index in [1.54, 1.807) is 12.1 Å². The van der Waals surface area contributed by atoms with Gasteiger partial charge in [0.15, 0.2) is 0 Å². The second-order valence-electron chi connectivity index (χ2n) is 6.09. The zero-order chi connectivity index (χ0) is 17.4. The van der Waals surface area contributed by atoms with Crippen molar-refractivity contribution in [3.63, 3.8) is 0 Å². The first-order valence-electron chi connectivity index (χ1n) is 8.40. The van der Waals surface area contributed by atoms with E-state index in [9.17, 15) is 10.1 Å². The van der Waals surface area contributed by atoms with Crippen molar-refractivity contribution < 1.29 is 4.92 Å². The minimum absolute atomic E-state index is 0.0884. The molecule has 6 heteroatoms. The molecule has 0 radical (unpaired) electrons. The van der Waals surface area contributed by atoms with E-state index >= 15 is 0 Å². The number of non-ortho nitro benzene ring substituents is 1. The lowest BCUT2D eigenvalue weighted by Gasteiger charge is -2.03. The van der Waals surface area contributed by atoms with Gasteiger partial charge in [-0.25, -0.2) is 4.98 Å². The molecule has 0 spiro atoms. The van der Waals surface area contributed by atoms with Crippen LogP contribution in [0, 0.1) is 10.1 Å². The van der Waals surface area contributed by atoms with Crippen LogP contribution >= 0.6 is 0 Å². The Labute approximate surface area is 144 Å². The number of nitro benzene ring substituents is 1. The molecule has 4 aromatic rings. The quantitative estimate of drug-likeness (QED) is 0.394. The zero-order valence-electron chi connectivity index (χ0n) is 13.9. The lowest BCUT2D eigenvalue weighted by Crippen LogP contribution is -1.98. The summed E-state index contributed by atoms with van der Waals surface area (Å²) in [5.74, 6) is 0.906. The van der Waals surface area contributed by atoms with Crippen LogP contribution in [0.25, 0.3) is 28.1 Å². The van der Waals surface area contributed by atoms with E-state index in [0.29, 0.717) is 0 Å². The number of para-hydroxylation sites is 2. The van der Waals surface area contributed by atoms with Gasteiger partial charge in [-0.3, -0.25) is 14.5 Å². The van der Waals surface area contributed by atoms with E-state index < -0.39 is 0 Å². The van der Waals surface area contributed by atoms with Crippen molar-refractivity contribution in [1.82, 2.24) is 14.0 Å². The van der Waals surface area contributed by atoms with Crippen LogP contribution < -0.4 is 0 Å². The number of aryl methyl sites for hydroxylation is 1. The van der Waals surface area contributed by atoms with Gasteiger partial charge in [0.2, 0.25) is 5.78 Å². The first kappa shape index (κ1) is 15.4. The summed E-state index contributed by atoms with van der Waals surface area (Å²) in [6.07, 6.45) is 4.21. The number of rotatable bonds is 5. The standard InChI is InChI=1S/C19H18N4O2/c1-2-3-12-21-17-6-4-5-7-18(17)22-13-16(20-19(21)22)14-8-10-15(11-9-14)23(24)25/h4-11,13H,2-3,12H2,1H3. The van der Waals surface area contributed by atoms with Crippen LogP contribution in [0.2, 0.25) is 0 Å². The summed E-state index contributed by atoms with van der Waals surface area (Å²) < 4.78 is 4.34. The molecule has 2 aromatic heterocycles. The Bertz CT molecular complexity index is 1060. The van der Waals surface area contributed by atoms with Crippen LogP contribution in [0.1, 0.15) is 19.8 Å². The van der Waals surface area contributed by atoms with Gasteiger partial charge in [-0.15, -0.1) is 0 Å². The van der Waals surface area contributed by atoms with Gasteiger partial charge in [-0.05, 0) is 30.7 Å². The number of hydrogen-bond donors (Lipinski definition) is 0. The Hall–Kier alpha value is -3.15. The first-order valence-corrected chi connectivity index (χ1v) is 8.40. The average Bonchev–Trinajstić information content (AvgIpc) is 3.18. The highest BCUT2D eigenvalue weighted by Gasteiger charge is 2.15. The lowest BCUT2D eigenvalue weighted by molar-refractivity contribution is -0.384. The van der Waals surface area contributed by atoms with Crippen LogP contribution in [0.4, 0.5) is 5.69 Å². The van der Waals surface area contributed by atoms with E-state index in [-0.39, 0.29) is 10.6 Å². The molecule has 0 aliphatic heterocycles. The molecule has 0 N–H and O–H groups in total. The van der Waals surface area contributed by atoms with E-state index in [2.05, 4.69) is 28.0 Å². The Morgan fingerprint density at radius 2 is 1.80 bits per heavy atom. The second kappa shape index (κ2) is 6.05. The van der Waals surface area contributed by atoms with Crippen molar-refractivity contribution in [2.24, 2.45) is 0 Å². The molecular formula is C19H18N4O2. The number of fused-ring (bicyclic) bond motifs is 3. The summed E-state index contributed by atoms with van der Waals surface area (Å²) in [5, 5.41) is 10.8. The molecule has 0 unspecified atom stereocenters. The summed E-state index contributed by atoms with van der Waals surface area (Å²) in [4.78, 5) is 15.2. The molecule has 0 amide bonds. The maximum atomic E-state index is 10.8. The summed E-state index contributed by atoms with van der Waals surface area (Å²) in [6.45, 7) is 3.10. The van der Waals surface area contributed by atoms with Crippen molar-refractivity contribution in [2.75, 3.05) is 0 Å². The third kappa shape index (κ3) is 2.55. The van der Waals surface area contributed by atoms with Crippen LogP contribution in [0.15, 0.2) is 54.7 Å². The lowest BCUT2D eigenvalue weighted by atomic mass is 10.1. The second-order valence-corrected chi connectivity index (χ2v) is 6.09. The van der Waals surface area contributed by atoms with Crippen molar-refractivity contribution in [3.05, 3.63) is 64.8 Å². The van der Waals surface area contributed by atoms with Crippen LogP contribution in [0.5, 0.6) is 0 Å². The molecule has 2 heterocycles. The van der Waals surface area contributed by atoms with Gasteiger partial charge >= 0.3 is 0 Å². The van der Waals surface area contributed by atoms with E-state index in [1.165, 1.54) is 17.6 Å². The van der Waals surface area contributed by atoms with E-state index in [4.69, 9.17) is 4.98 Å². The molecule has 4 rings (SSSR count). The van der Waals surface area contributed by atoms with Crippen molar-refractivity contribution >= 4 is 22.5 Å². The average molecular weight is 334 g/mol. The molecule has 0 saturated carbocycles. The summed E-state index contributed by atoms with van der Waals surface area (Å²) in [6, 6.07) is 14.8. The number of hydrogen-bond acceptors (Lipinski definition) is 3. The maximum absolute atomic E-state index is 10.8. The van der Waals surface area contributed by atoms with Crippen LogP contribution in [0.3, 0.4) is 0 Å². The molecule has 0 aliphatic carbocycles. The highest BCUT2D eigenvalue weighted by molar-refractivity contribution is 5.82. The van der Waals surface area contributed by atoms with Gasteiger partial charge < -0.3 is 4.57 Å². The molecule has 0 fully saturated rings. The minimum atomic E-state index is -0.389. The van der Waals surface area contributed by atoms with Crippen molar-refractivity contribution in [2.45, 2.75) is 26.3 Å². The SMILES string of the molecule is CCCCn1c2ccccc2n2cc(-c3ccc([N+](=O)[O-])cc3)nc12. The van der Waals surface area contributed by atoms with E-state index in [1.807, 2.05) is 18.3 Å². The Morgan fingerprint density at radius 1 is 1.08 bits per heavy atom. The van der Waals surface area contributed by atoms with Crippen molar-refractivity contribution in [3.8, 4) is 11.3 Å². The number of imidazole rings is 2. The number of nitrogens with zero attached hydrogens (tertiary/aromatic N) is 4. The Kier molecular flexibility index (Phi) is 3.72. The smallest absolute Gasteiger partial charge is 0.269 e. The molecule has 25 heavy (non-hydrogen) atoms. The molecule has 0 bridgehead atoms. The predicted molar refractivity (Wildman–Crippen MR) is 97.7 cm³/mol. The van der Waals surface area contributed by atoms with E-state index in [0.717, 1.165) is 41.9 Å². The maximum Gasteiger partial charge on any atom is 0.269 e. The highest BCUT2D eigenvalue weighted by Crippen LogP contribution is 2.27. The Balaban J connectivity index is 1.85. The molecule has 2 aromatic carbocycles. The fourth-order valence-corrected chi connectivity index (χ4v) is 3.17. The monoisotopic (exact) mass is 334 g/mol. The molecular weight excluding hydrogens is 316 g/mol. The fourth-order valence-electron chi connectivity index (χ4n) is 3.17. The number of benzene rings is 2. The molecule has 126 valence electrons. The predicted octanol–water partition coefficient (Wildman–Crippen LogP) is 4.66. The number of nitro groups is 1. The van der Waals surface area contributed by atoms with Crippen molar-refractivity contribution in [1.29, 1.82) is 0 Å². The minimum Gasteiger partial charge on any atom is -0.310 e. The highest BCUT2D eigenvalue weighted by atomic mass is 16.6. The van der Waals surface area contributed by atoms with Gasteiger partial charge in [-0.1, -0.05) is 25.5 Å². The third-order valence-electron chi connectivity index (χ3n) is 4.47. The number of unbranched alkanes of at least 4 members (excludes halogenated alkanes) is 1. The summed E-state index contributed by atoms with van der Waals surface area (Å²) in [7, 11) is 0. The van der Waals surface area contributed by atoms with Crippen LogP contribution in [-0.4, -0.2) is 18.9 Å². The van der Waals surface area contributed by atoms with Gasteiger partial charge in [-0.2, -0.15) is 0 Å². The van der Waals surface area contributed by atoms with Gasteiger partial charge in [0.25, 0.3) is 5.69 Å². The van der Waals surface area contributed by atoms with Crippen LogP contribution in [-0.2, 0) is 6.54 Å². The zero-order valence-corrected chi connectivity index (χ0v) is 13.9. The molecule has 0 aliphatic rings. The van der Waals surface area contributed by atoms with Gasteiger partial charge in [0.05, 0.1) is 21.7 Å². The normalized spacial score (nSPS) is 11.4. The largest absolute Gasteiger partial charge is 0.310 e. The topological polar surface area (TPSA) is 65.4 Å². The fraction of sp³-hybridized carbons (Fsp3) is 0.211. The first-order chi connectivity index (χ1) is 12.2. The third-order valence-corrected chi connectivity index (χ3v) is 4.47. The Morgan fingerprint density at radius 3 is 2.48 bits per heavy atom. The summed E-state index contributed by atoms with van der Waals surface area (Å²) in [5.41, 5.74) is 4.08. The molecule has 0 atom stereocenters. The molecule has 6 nitrogen and oxygen atoms in total. The van der Waals surface area contributed by atoms with Gasteiger partial charge in [0, 0.05) is 30.4 Å². The number of aromatic nitrogens is 3. The molecule has 0 saturated heterocycles. The summed E-state index contributed by atoms with van der Waals surface area (Å²) >= 11 is 0. The van der Waals surface area contributed by atoms with Gasteiger partial charge in [0.1, 0.15) is 0 Å².